The molecular formula is C37H51NO4. The molecule has 42 heavy (non-hydrogen) atoms. The van der Waals surface area contributed by atoms with Gasteiger partial charge in [-0.05, 0) is 139 Å². The summed E-state index contributed by atoms with van der Waals surface area (Å²) in [5.74, 6) is 3.05. The Labute approximate surface area is 251 Å². The van der Waals surface area contributed by atoms with E-state index in [0.29, 0.717) is 35.6 Å². The van der Waals surface area contributed by atoms with Crippen LogP contribution in [-0.4, -0.2) is 46.9 Å². The van der Waals surface area contributed by atoms with Gasteiger partial charge >= 0.3 is 0 Å². The van der Waals surface area contributed by atoms with E-state index in [1.807, 2.05) is 7.11 Å². The number of rotatable bonds is 2. The summed E-state index contributed by atoms with van der Waals surface area (Å²) in [4.78, 5) is 18.1. The first-order valence-corrected chi connectivity index (χ1v) is 16.9. The molecule has 2 aromatic rings. The average Bonchev–Trinajstić information content (AvgIpc) is 3.53. The zero-order valence-corrected chi connectivity index (χ0v) is 27.1. The maximum atomic E-state index is 14.1. The maximum Gasteiger partial charge on any atom is 0.169 e. The number of hydrogen-bond acceptors (Lipinski definition) is 4. The van der Waals surface area contributed by atoms with Crippen molar-refractivity contribution in [2.75, 3.05) is 7.11 Å². The Balaban J connectivity index is 1.16. The first-order chi connectivity index (χ1) is 19.8. The van der Waals surface area contributed by atoms with E-state index in [1.54, 1.807) is 0 Å². The van der Waals surface area contributed by atoms with E-state index in [1.165, 1.54) is 53.4 Å². The third-order valence-corrected chi connectivity index (χ3v) is 13.8. The molecule has 0 spiro atoms. The second-order valence-electron chi connectivity index (χ2n) is 16.9. The summed E-state index contributed by atoms with van der Waals surface area (Å²) in [5.41, 5.74) is 5.83. The van der Waals surface area contributed by atoms with E-state index in [0.717, 1.165) is 31.2 Å². The number of hydrogen-bond donors (Lipinski definition) is 1. The van der Waals surface area contributed by atoms with Gasteiger partial charge in [-0.2, -0.15) is 0 Å². The van der Waals surface area contributed by atoms with Crippen LogP contribution in [0.4, 0.5) is 0 Å². The third-order valence-electron chi connectivity index (χ3n) is 13.8. The Kier molecular flexibility index (Phi) is 5.78. The molecule has 1 aromatic carbocycles. The van der Waals surface area contributed by atoms with Crippen molar-refractivity contribution in [3.8, 4) is 0 Å². The fourth-order valence-electron chi connectivity index (χ4n) is 11.8. The molecule has 2 aliphatic heterocycles. The average molecular weight is 574 g/mol. The standard InChI is InChI=1S/C37H51NO4/c1-34(2)25-18-22-20(33(39)31(25)36(5,6)42-34)10-13-26-29(22)23-17-19-9-12-24-21-11-14-28(35(3,4)40-8)41-27(21)15-16-37(24,7)30(19)32(23)38-26/h10,13,19,21,24-25,27-28,30-31,38H,9,11-12,14-18H2,1-8H3/t19?,21?,24?,25-,27?,28+,30?,31?,37+/m1/s1. The van der Waals surface area contributed by atoms with Gasteiger partial charge in [-0.15, -0.1) is 0 Å². The van der Waals surface area contributed by atoms with Gasteiger partial charge in [0, 0.05) is 41.1 Å². The van der Waals surface area contributed by atoms with E-state index in [4.69, 9.17) is 14.2 Å². The zero-order chi connectivity index (χ0) is 29.6. The molecule has 0 amide bonds. The fourth-order valence-corrected chi connectivity index (χ4v) is 11.8. The van der Waals surface area contributed by atoms with E-state index >= 15 is 0 Å². The Hall–Kier alpha value is -1.69. The zero-order valence-electron chi connectivity index (χ0n) is 27.1. The largest absolute Gasteiger partial charge is 0.376 e. The number of Topliss-reactive ketones (excluding diaryl/α,β-unsaturated/α-hetero) is 1. The highest BCUT2D eigenvalue weighted by molar-refractivity contribution is 6.06. The molecule has 0 radical (unpaired) electrons. The van der Waals surface area contributed by atoms with Crippen LogP contribution in [0.1, 0.15) is 120 Å². The van der Waals surface area contributed by atoms with Gasteiger partial charge in [0.2, 0.25) is 0 Å². The lowest BCUT2D eigenvalue weighted by Crippen LogP contribution is -2.56. The number of carbonyl (C=O) groups excluding carboxylic acids is 1. The summed E-state index contributed by atoms with van der Waals surface area (Å²) < 4.78 is 19.2. The summed E-state index contributed by atoms with van der Waals surface area (Å²) in [5, 5.41) is 1.38. The monoisotopic (exact) mass is 573 g/mol. The predicted octanol–water partition coefficient (Wildman–Crippen LogP) is 7.78. The van der Waals surface area contributed by atoms with Crippen LogP contribution in [0.2, 0.25) is 0 Å². The molecule has 6 unspecified atom stereocenters. The second-order valence-corrected chi connectivity index (χ2v) is 16.9. The molecule has 2 saturated heterocycles. The van der Waals surface area contributed by atoms with Crippen molar-refractivity contribution in [2.45, 2.75) is 135 Å². The molecule has 8 rings (SSSR count). The Morgan fingerprint density at radius 3 is 2.45 bits per heavy atom. The van der Waals surface area contributed by atoms with Gasteiger partial charge in [-0.3, -0.25) is 4.79 Å². The molecule has 6 aliphatic rings. The first-order valence-electron chi connectivity index (χ1n) is 16.9. The van der Waals surface area contributed by atoms with Crippen LogP contribution in [0.5, 0.6) is 0 Å². The Morgan fingerprint density at radius 2 is 1.69 bits per heavy atom. The topological polar surface area (TPSA) is 60.6 Å². The summed E-state index contributed by atoms with van der Waals surface area (Å²) in [7, 11) is 1.82. The quantitative estimate of drug-likeness (QED) is 0.399. The van der Waals surface area contributed by atoms with Gasteiger partial charge in [0.1, 0.15) is 0 Å². The minimum Gasteiger partial charge on any atom is -0.376 e. The SMILES string of the molecule is COC(C)(C)[C@@H]1CCC2C(CC[C@@]3(C)C2CCC2Cc4c([nH]c5ccc6c(c45)C[C@@H]4C(C6=O)C(C)(C)OC4(C)C)C23)O1. The molecule has 1 N–H and O–H groups in total. The van der Waals surface area contributed by atoms with Crippen molar-refractivity contribution in [3.63, 3.8) is 0 Å². The third kappa shape index (κ3) is 3.56. The molecule has 1 aromatic heterocycles. The van der Waals surface area contributed by atoms with Gasteiger partial charge in [-0.1, -0.05) is 6.92 Å². The molecule has 4 fully saturated rings. The minimum atomic E-state index is -0.433. The number of ketones is 1. The number of methoxy groups -OCH3 is 1. The van der Waals surface area contributed by atoms with Crippen molar-refractivity contribution >= 4 is 16.7 Å². The van der Waals surface area contributed by atoms with Crippen molar-refractivity contribution in [1.82, 2.24) is 4.98 Å². The van der Waals surface area contributed by atoms with Crippen LogP contribution >= 0.6 is 0 Å². The van der Waals surface area contributed by atoms with Crippen molar-refractivity contribution in [1.29, 1.82) is 0 Å². The number of aromatic nitrogens is 1. The lowest BCUT2D eigenvalue weighted by Gasteiger charge is -2.59. The van der Waals surface area contributed by atoms with E-state index in [-0.39, 0.29) is 34.6 Å². The molecular weight excluding hydrogens is 522 g/mol. The van der Waals surface area contributed by atoms with E-state index in [9.17, 15) is 4.79 Å². The van der Waals surface area contributed by atoms with Crippen molar-refractivity contribution in [3.05, 3.63) is 34.5 Å². The normalized spacial score (nSPS) is 41.5. The number of benzene rings is 1. The highest BCUT2D eigenvalue weighted by Crippen LogP contribution is 2.66. The van der Waals surface area contributed by atoms with E-state index < -0.39 is 5.60 Å². The maximum absolute atomic E-state index is 14.1. The van der Waals surface area contributed by atoms with Crippen molar-refractivity contribution < 1.29 is 19.0 Å². The molecule has 5 nitrogen and oxygen atoms in total. The fraction of sp³-hybridized carbons (Fsp3) is 0.757. The summed E-state index contributed by atoms with van der Waals surface area (Å²) in [6.07, 6.45) is 10.0. The van der Waals surface area contributed by atoms with E-state index in [2.05, 4.69) is 65.6 Å². The Bertz CT molecular complexity index is 1470. The summed E-state index contributed by atoms with van der Waals surface area (Å²) in [6.45, 7) is 15.6. The molecule has 2 saturated carbocycles. The lowest BCUT2D eigenvalue weighted by molar-refractivity contribution is -0.208. The molecule has 4 aliphatic carbocycles. The van der Waals surface area contributed by atoms with Gasteiger partial charge < -0.3 is 19.2 Å². The van der Waals surface area contributed by atoms with Crippen LogP contribution in [-0.2, 0) is 27.1 Å². The molecule has 9 atom stereocenters. The van der Waals surface area contributed by atoms with Gasteiger partial charge in [0.25, 0.3) is 0 Å². The predicted molar refractivity (Wildman–Crippen MR) is 165 cm³/mol. The number of ether oxygens (including phenoxy) is 3. The number of nitrogens with one attached hydrogen (secondary N) is 1. The number of H-pyrrole nitrogens is 1. The van der Waals surface area contributed by atoms with Crippen molar-refractivity contribution in [2.24, 2.45) is 35.0 Å². The first kappa shape index (κ1) is 27.8. The summed E-state index contributed by atoms with van der Waals surface area (Å²) in [6, 6.07) is 4.33. The highest BCUT2D eigenvalue weighted by atomic mass is 16.6. The van der Waals surface area contributed by atoms with Gasteiger partial charge in [0.05, 0.1) is 34.9 Å². The number of fused-ring (bicyclic) bond motifs is 12. The van der Waals surface area contributed by atoms with Gasteiger partial charge in [-0.25, -0.2) is 0 Å². The van der Waals surface area contributed by atoms with Crippen LogP contribution < -0.4 is 0 Å². The summed E-state index contributed by atoms with van der Waals surface area (Å²) >= 11 is 0. The van der Waals surface area contributed by atoms with Crippen LogP contribution in [0, 0.1) is 35.0 Å². The highest BCUT2D eigenvalue weighted by Gasteiger charge is 2.61. The molecule has 228 valence electrons. The number of aromatic amines is 1. The van der Waals surface area contributed by atoms with Crippen LogP contribution in [0.3, 0.4) is 0 Å². The smallest absolute Gasteiger partial charge is 0.169 e. The van der Waals surface area contributed by atoms with Crippen LogP contribution in [0.25, 0.3) is 10.9 Å². The lowest BCUT2D eigenvalue weighted by atomic mass is 9.49. The second kappa shape index (κ2) is 8.73. The molecule has 0 bridgehead atoms. The van der Waals surface area contributed by atoms with Gasteiger partial charge in [0.15, 0.2) is 5.78 Å². The molecule has 3 heterocycles. The number of carbonyl (C=O) groups is 1. The Morgan fingerprint density at radius 1 is 0.905 bits per heavy atom. The van der Waals surface area contributed by atoms with Crippen LogP contribution in [0.15, 0.2) is 12.1 Å². The minimum absolute atomic E-state index is 0.0753. The molecule has 5 heteroatoms.